The van der Waals surface area contributed by atoms with Gasteiger partial charge in [-0.3, -0.25) is 9.36 Å². The topological polar surface area (TPSA) is 108 Å². The standard InChI is InChI=1S/C60H117N2O6P/c1-6-8-10-12-14-16-18-20-22-24-25-26-27-28-29-30-31-32-33-34-35-36-38-40-42-44-46-48-50-52-54-60(64)61-58(57-68-69(65,66)67-56-55-62(3,4)5)59(63)53-51-49-47-45-43-41-39-37-23-21-19-17-15-13-11-9-7-2/h23,37,43,45,51,53,58-59,63H,6-22,24-36,38-42,44,46-50,52,54-57H2,1-5H3,(H-,61,64,65,66)/b37-23+,45-43+,53-51+. The van der Waals surface area contributed by atoms with Crippen molar-refractivity contribution in [2.24, 2.45) is 0 Å². The van der Waals surface area contributed by atoms with Crippen molar-refractivity contribution in [2.75, 3.05) is 40.9 Å². The zero-order valence-electron chi connectivity index (χ0n) is 46.5. The van der Waals surface area contributed by atoms with Gasteiger partial charge in [0.15, 0.2) is 0 Å². The molecule has 0 aromatic carbocycles. The van der Waals surface area contributed by atoms with Crippen LogP contribution >= 0.6 is 7.82 Å². The number of quaternary nitrogens is 1. The molecule has 408 valence electrons. The number of likely N-dealkylation sites (N-methyl/N-ethyl adjacent to an activating group) is 1. The summed E-state index contributed by atoms with van der Waals surface area (Å²) in [7, 11) is 1.25. The number of allylic oxidation sites excluding steroid dienone is 5. The van der Waals surface area contributed by atoms with E-state index in [0.717, 1.165) is 44.9 Å². The van der Waals surface area contributed by atoms with Crippen LogP contribution in [0, 0.1) is 0 Å². The van der Waals surface area contributed by atoms with Gasteiger partial charge in [-0.1, -0.05) is 275 Å². The van der Waals surface area contributed by atoms with E-state index in [1.807, 2.05) is 27.2 Å². The first-order valence-electron chi connectivity index (χ1n) is 29.9. The Morgan fingerprint density at radius 3 is 1.17 bits per heavy atom. The second kappa shape index (κ2) is 51.6. The number of aliphatic hydroxyl groups is 1. The van der Waals surface area contributed by atoms with Crippen LogP contribution in [0.15, 0.2) is 36.5 Å². The number of phosphoric ester groups is 1. The zero-order valence-corrected chi connectivity index (χ0v) is 47.4. The smallest absolute Gasteiger partial charge is 0.268 e. The highest BCUT2D eigenvalue weighted by atomic mass is 31.2. The van der Waals surface area contributed by atoms with Gasteiger partial charge in [-0.05, 0) is 44.9 Å². The lowest BCUT2D eigenvalue weighted by Gasteiger charge is -2.29. The van der Waals surface area contributed by atoms with Crippen LogP contribution in [0.5, 0.6) is 0 Å². The maximum Gasteiger partial charge on any atom is 0.268 e. The summed E-state index contributed by atoms with van der Waals surface area (Å²) in [4.78, 5) is 25.5. The molecule has 2 N–H and O–H groups in total. The fraction of sp³-hybridized carbons (Fsp3) is 0.883. The molecule has 0 aliphatic rings. The summed E-state index contributed by atoms with van der Waals surface area (Å²) in [5.74, 6) is -0.206. The summed E-state index contributed by atoms with van der Waals surface area (Å²) < 4.78 is 23.3. The second-order valence-corrected chi connectivity index (χ2v) is 23.1. The van der Waals surface area contributed by atoms with Crippen molar-refractivity contribution in [3.63, 3.8) is 0 Å². The molecule has 0 saturated heterocycles. The predicted molar refractivity (Wildman–Crippen MR) is 298 cm³/mol. The van der Waals surface area contributed by atoms with Gasteiger partial charge in [0.25, 0.3) is 7.82 Å². The maximum atomic E-state index is 13.0. The quantitative estimate of drug-likeness (QED) is 0.0272. The van der Waals surface area contributed by atoms with E-state index in [9.17, 15) is 19.4 Å². The van der Waals surface area contributed by atoms with Gasteiger partial charge in [0, 0.05) is 6.42 Å². The largest absolute Gasteiger partial charge is 0.756 e. The molecule has 3 atom stereocenters. The molecule has 1 amide bonds. The number of hydrogen-bond donors (Lipinski definition) is 2. The fourth-order valence-corrected chi connectivity index (χ4v) is 9.62. The Kier molecular flexibility index (Phi) is 50.7. The van der Waals surface area contributed by atoms with E-state index in [0.29, 0.717) is 17.4 Å². The molecule has 3 unspecified atom stereocenters. The Balaban J connectivity index is 4.11. The number of hydrogen-bond acceptors (Lipinski definition) is 6. The van der Waals surface area contributed by atoms with Gasteiger partial charge in [-0.25, -0.2) is 0 Å². The molecule has 69 heavy (non-hydrogen) atoms. The highest BCUT2D eigenvalue weighted by molar-refractivity contribution is 7.45. The van der Waals surface area contributed by atoms with Crippen LogP contribution in [0.4, 0.5) is 0 Å². The summed E-state index contributed by atoms with van der Waals surface area (Å²) in [6.45, 7) is 4.65. The van der Waals surface area contributed by atoms with Gasteiger partial charge in [0.05, 0.1) is 39.9 Å². The van der Waals surface area contributed by atoms with Gasteiger partial charge in [-0.2, -0.15) is 0 Å². The molecule has 0 fully saturated rings. The van der Waals surface area contributed by atoms with Crippen molar-refractivity contribution in [1.82, 2.24) is 5.32 Å². The first-order chi connectivity index (χ1) is 33.5. The molecule has 0 aromatic rings. The zero-order chi connectivity index (χ0) is 50.6. The van der Waals surface area contributed by atoms with Crippen LogP contribution in [-0.4, -0.2) is 68.5 Å². The van der Waals surface area contributed by atoms with Crippen molar-refractivity contribution in [3.05, 3.63) is 36.5 Å². The number of nitrogens with zero attached hydrogens (tertiary/aromatic N) is 1. The molecule has 0 aliphatic carbocycles. The Morgan fingerprint density at radius 1 is 0.493 bits per heavy atom. The number of carbonyl (C=O) groups excluding carboxylic acids is 1. The van der Waals surface area contributed by atoms with E-state index in [2.05, 4.69) is 43.5 Å². The number of nitrogens with one attached hydrogen (secondary N) is 1. The molecular formula is C60H117N2O6P. The van der Waals surface area contributed by atoms with Crippen LogP contribution in [0.1, 0.15) is 290 Å². The first kappa shape index (κ1) is 67.7. The van der Waals surface area contributed by atoms with Gasteiger partial charge < -0.3 is 28.8 Å². The van der Waals surface area contributed by atoms with Crippen molar-refractivity contribution in [1.29, 1.82) is 0 Å². The summed E-state index contributed by atoms with van der Waals surface area (Å²) in [6.07, 6.45) is 66.7. The highest BCUT2D eigenvalue weighted by Gasteiger charge is 2.23. The molecule has 0 rings (SSSR count). The third-order valence-electron chi connectivity index (χ3n) is 13.6. The molecule has 0 radical (unpaired) electrons. The predicted octanol–water partition coefficient (Wildman–Crippen LogP) is 17.5. The van der Waals surface area contributed by atoms with E-state index < -0.39 is 26.6 Å². The normalized spacial score (nSPS) is 14.1. The van der Waals surface area contributed by atoms with Crippen molar-refractivity contribution in [2.45, 2.75) is 302 Å². The van der Waals surface area contributed by atoms with Crippen LogP contribution in [-0.2, 0) is 18.4 Å². The fourth-order valence-electron chi connectivity index (χ4n) is 8.89. The molecular weight excluding hydrogens is 876 g/mol. The lowest BCUT2D eigenvalue weighted by atomic mass is 10.0. The van der Waals surface area contributed by atoms with E-state index in [1.54, 1.807) is 6.08 Å². The number of aliphatic hydroxyl groups excluding tert-OH is 1. The van der Waals surface area contributed by atoms with Crippen molar-refractivity contribution < 1.29 is 32.9 Å². The Labute approximate surface area is 429 Å². The Bertz CT molecular complexity index is 1220. The Morgan fingerprint density at radius 2 is 0.812 bits per heavy atom. The average Bonchev–Trinajstić information content (AvgIpc) is 3.31. The molecule has 0 aromatic heterocycles. The average molecular weight is 994 g/mol. The summed E-state index contributed by atoms with van der Waals surface area (Å²) in [6, 6.07) is -0.907. The van der Waals surface area contributed by atoms with Crippen molar-refractivity contribution in [3.8, 4) is 0 Å². The van der Waals surface area contributed by atoms with E-state index >= 15 is 0 Å². The van der Waals surface area contributed by atoms with Gasteiger partial charge in [-0.15, -0.1) is 0 Å². The van der Waals surface area contributed by atoms with Crippen LogP contribution in [0.2, 0.25) is 0 Å². The molecule has 0 spiro atoms. The third-order valence-corrected chi connectivity index (χ3v) is 14.5. The second-order valence-electron chi connectivity index (χ2n) is 21.7. The van der Waals surface area contributed by atoms with Crippen molar-refractivity contribution >= 4 is 13.7 Å². The molecule has 8 nitrogen and oxygen atoms in total. The highest BCUT2D eigenvalue weighted by Crippen LogP contribution is 2.38. The van der Waals surface area contributed by atoms with E-state index in [-0.39, 0.29) is 12.5 Å². The maximum absolute atomic E-state index is 13.0. The summed E-state index contributed by atoms with van der Waals surface area (Å²) in [5, 5.41) is 13.9. The number of unbranched alkanes of at least 4 members (excludes halogenated alkanes) is 38. The summed E-state index contributed by atoms with van der Waals surface area (Å²) >= 11 is 0. The lowest BCUT2D eigenvalue weighted by molar-refractivity contribution is -0.870. The molecule has 0 aliphatic heterocycles. The summed E-state index contributed by atoms with van der Waals surface area (Å²) in [5.41, 5.74) is 0. The van der Waals surface area contributed by atoms with E-state index in [4.69, 9.17) is 9.05 Å². The number of rotatable bonds is 55. The number of amides is 1. The molecule has 9 heteroatoms. The first-order valence-corrected chi connectivity index (χ1v) is 31.3. The van der Waals surface area contributed by atoms with Crippen LogP contribution < -0.4 is 10.2 Å². The lowest BCUT2D eigenvalue weighted by Crippen LogP contribution is -2.45. The molecule has 0 saturated carbocycles. The Hall–Kier alpha value is -1.28. The minimum absolute atomic E-state index is 0.00744. The minimum Gasteiger partial charge on any atom is -0.756 e. The van der Waals surface area contributed by atoms with Gasteiger partial charge in [0.1, 0.15) is 13.2 Å². The van der Waals surface area contributed by atoms with Gasteiger partial charge in [0.2, 0.25) is 5.91 Å². The van der Waals surface area contributed by atoms with E-state index in [1.165, 1.54) is 225 Å². The SMILES string of the molecule is CCCCCCCCC/C=C/CC/C=C/CC/C=C/C(O)C(COP(=O)([O-])OCC[N+](C)(C)C)NC(=O)CCCCCCCCCCCCCCCCCCCCCCCCCCCCCCCC. The minimum atomic E-state index is -4.61. The number of carbonyl (C=O) groups is 1. The van der Waals surface area contributed by atoms with Crippen LogP contribution in [0.25, 0.3) is 0 Å². The van der Waals surface area contributed by atoms with Crippen LogP contribution in [0.3, 0.4) is 0 Å². The van der Waals surface area contributed by atoms with Gasteiger partial charge >= 0.3 is 0 Å². The third kappa shape index (κ3) is 54.3. The molecule has 0 bridgehead atoms. The number of phosphoric acid groups is 1. The molecule has 0 heterocycles. The monoisotopic (exact) mass is 993 g/mol.